The predicted molar refractivity (Wildman–Crippen MR) is 106 cm³/mol. The van der Waals surface area contributed by atoms with Crippen molar-refractivity contribution >= 4 is 17.2 Å². The summed E-state index contributed by atoms with van der Waals surface area (Å²) in [5.41, 5.74) is 4.71. The van der Waals surface area contributed by atoms with Crippen molar-refractivity contribution in [3.8, 4) is 0 Å². The second kappa shape index (κ2) is 8.04. The number of carbonyl (C=O) groups excluding carboxylic acids is 1. The molecule has 0 unspecified atom stereocenters. The summed E-state index contributed by atoms with van der Waals surface area (Å²) in [4.78, 5) is 19.1. The Balaban J connectivity index is 1.60. The minimum Gasteiger partial charge on any atom is -0.375 e. The van der Waals surface area contributed by atoms with Crippen LogP contribution in [0.15, 0.2) is 48.8 Å². The van der Waals surface area contributed by atoms with Crippen LogP contribution in [-0.4, -0.2) is 28.9 Å². The van der Waals surface area contributed by atoms with Crippen LogP contribution in [0.5, 0.6) is 0 Å². The molecule has 3 rings (SSSR count). The number of hydrogen-bond acceptors (Lipinski definition) is 3. The number of amides is 1. The van der Waals surface area contributed by atoms with Crippen LogP contribution < -0.4 is 10.2 Å². The zero-order valence-corrected chi connectivity index (χ0v) is 15.7. The van der Waals surface area contributed by atoms with Gasteiger partial charge in [0.1, 0.15) is 5.65 Å². The van der Waals surface area contributed by atoms with Crippen LogP contribution >= 0.6 is 0 Å². The van der Waals surface area contributed by atoms with Gasteiger partial charge in [-0.2, -0.15) is 0 Å². The number of nitrogens with zero attached hydrogens (tertiary/aromatic N) is 3. The van der Waals surface area contributed by atoms with E-state index < -0.39 is 0 Å². The molecule has 0 saturated heterocycles. The number of anilines is 1. The van der Waals surface area contributed by atoms with E-state index in [9.17, 15) is 4.79 Å². The lowest BCUT2D eigenvalue weighted by Crippen LogP contribution is -2.23. The molecular weight excluding hydrogens is 324 g/mol. The van der Waals surface area contributed by atoms with E-state index in [1.807, 2.05) is 60.1 Å². The van der Waals surface area contributed by atoms with Crippen molar-refractivity contribution in [1.29, 1.82) is 0 Å². The zero-order chi connectivity index (χ0) is 18.5. The Morgan fingerprint density at radius 1 is 1.23 bits per heavy atom. The summed E-state index contributed by atoms with van der Waals surface area (Å²) in [6, 6.07) is 11.8. The summed E-state index contributed by atoms with van der Waals surface area (Å²) in [6.07, 6.45) is 6.27. The lowest BCUT2D eigenvalue weighted by molar-refractivity contribution is 0.0950. The Bertz CT molecular complexity index is 883. The van der Waals surface area contributed by atoms with E-state index in [-0.39, 0.29) is 5.91 Å². The van der Waals surface area contributed by atoms with E-state index in [0.717, 1.165) is 30.0 Å². The molecule has 0 aliphatic rings. The number of nitrogens with one attached hydrogen (secondary N) is 1. The predicted octanol–water partition coefficient (Wildman–Crippen LogP) is 3.81. The van der Waals surface area contributed by atoms with Crippen LogP contribution in [0.4, 0.5) is 5.69 Å². The molecule has 0 aliphatic carbocycles. The summed E-state index contributed by atoms with van der Waals surface area (Å²) in [6.45, 7) is 5.66. The number of hydrogen-bond donors (Lipinski definition) is 1. The van der Waals surface area contributed by atoms with Gasteiger partial charge in [0.05, 0.1) is 12.2 Å². The number of aryl methyl sites for hydroxylation is 1. The maximum absolute atomic E-state index is 12.4. The molecule has 1 amide bonds. The fraction of sp³-hybridized carbons (Fsp3) is 0.333. The van der Waals surface area contributed by atoms with Gasteiger partial charge in [-0.3, -0.25) is 4.79 Å². The normalized spacial score (nSPS) is 10.9. The van der Waals surface area contributed by atoms with Gasteiger partial charge in [-0.15, -0.1) is 0 Å². The molecule has 0 fully saturated rings. The van der Waals surface area contributed by atoms with Crippen LogP contribution in [0.25, 0.3) is 5.65 Å². The molecule has 2 aromatic heterocycles. The first-order valence-corrected chi connectivity index (χ1v) is 9.10. The first kappa shape index (κ1) is 18.0. The van der Waals surface area contributed by atoms with Gasteiger partial charge < -0.3 is 14.6 Å². The second-order valence-corrected chi connectivity index (χ2v) is 6.71. The lowest BCUT2D eigenvalue weighted by Gasteiger charge is -2.19. The average Bonchev–Trinajstić information content (AvgIpc) is 3.06. The molecule has 0 spiro atoms. The average molecular weight is 350 g/mol. The third kappa shape index (κ3) is 4.23. The van der Waals surface area contributed by atoms with Gasteiger partial charge in [-0.1, -0.05) is 13.3 Å². The maximum Gasteiger partial charge on any atom is 0.251 e. The molecule has 1 aromatic carbocycles. The van der Waals surface area contributed by atoms with Crippen LogP contribution in [0.2, 0.25) is 0 Å². The molecule has 0 radical (unpaired) electrons. The molecule has 0 saturated carbocycles. The first-order valence-electron chi connectivity index (χ1n) is 9.10. The van der Waals surface area contributed by atoms with Crippen molar-refractivity contribution in [1.82, 2.24) is 14.7 Å². The van der Waals surface area contributed by atoms with Crippen LogP contribution in [0.1, 0.15) is 41.4 Å². The molecule has 26 heavy (non-hydrogen) atoms. The van der Waals surface area contributed by atoms with Crippen molar-refractivity contribution in [2.24, 2.45) is 0 Å². The Hall–Kier alpha value is -2.82. The lowest BCUT2D eigenvalue weighted by atomic mass is 10.1. The van der Waals surface area contributed by atoms with Gasteiger partial charge in [-0.05, 0) is 55.3 Å². The van der Waals surface area contributed by atoms with Gasteiger partial charge in [0.2, 0.25) is 0 Å². The van der Waals surface area contributed by atoms with Crippen molar-refractivity contribution in [2.75, 3.05) is 18.5 Å². The standard InChI is InChI=1S/C21H26N4O/c1-4-5-11-24(3)19-8-6-17(7-9-19)21(26)22-14-18-15-25-12-10-16(2)13-20(25)23-18/h6-10,12-13,15H,4-5,11,14H2,1-3H3,(H,22,26). The fourth-order valence-electron chi connectivity index (χ4n) is 2.89. The molecule has 0 atom stereocenters. The van der Waals surface area contributed by atoms with E-state index >= 15 is 0 Å². The molecule has 2 heterocycles. The number of carbonyl (C=O) groups is 1. The third-order valence-electron chi connectivity index (χ3n) is 4.51. The quantitative estimate of drug-likeness (QED) is 0.705. The summed E-state index contributed by atoms with van der Waals surface area (Å²) in [5.74, 6) is -0.0824. The third-order valence-corrected chi connectivity index (χ3v) is 4.51. The second-order valence-electron chi connectivity index (χ2n) is 6.71. The van der Waals surface area contributed by atoms with Crippen LogP contribution in [-0.2, 0) is 6.54 Å². The molecule has 0 aliphatic heterocycles. The smallest absolute Gasteiger partial charge is 0.251 e. The van der Waals surface area contributed by atoms with Crippen LogP contribution in [0, 0.1) is 6.92 Å². The summed E-state index contributed by atoms with van der Waals surface area (Å²) in [5, 5.41) is 2.95. The topological polar surface area (TPSA) is 49.6 Å². The Morgan fingerprint density at radius 2 is 2.00 bits per heavy atom. The number of unbranched alkanes of at least 4 members (excludes halogenated alkanes) is 1. The molecule has 1 N–H and O–H groups in total. The summed E-state index contributed by atoms with van der Waals surface area (Å²) >= 11 is 0. The number of aromatic nitrogens is 2. The minimum absolute atomic E-state index is 0.0824. The van der Waals surface area contributed by atoms with Crippen molar-refractivity contribution in [3.63, 3.8) is 0 Å². The van der Waals surface area contributed by atoms with Crippen molar-refractivity contribution in [3.05, 3.63) is 65.6 Å². The van der Waals surface area contributed by atoms with E-state index in [0.29, 0.717) is 12.1 Å². The maximum atomic E-state index is 12.4. The molecule has 3 aromatic rings. The van der Waals surface area contributed by atoms with E-state index in [2.05, 4.69) is 29.2 Å². The highest BCUT2D eigenvalue weighted by Crippen LogP contribution is 2.15. The number of fused-ring (bicyclic) bond motifs is 1. The van der Waals surface area contributed by atoms with Crippen molar-refractivity contribution in [2.45, 2.75) is 33.2 Å². The monoisotopic (exact) mass is 350 g/mol. The van der Waals surface area contributed by atoms with Gasteiger partial charge in [0, 0.05) is 37.2 Å². The molecule has 0 bridgehead atoms. The number of pyridine rings is 1. The minimum atomic E-state index is -0.0824. The van der Waals surface area contributed by atoms with Crippen molar-refractivity contribution < 1.29 is 4.79 Å². The molecule has 5 nitrogen and oxygen atoms in total. The van der Waals surface area contributed by atoms with E-state index in [1.54, 1.807) is 0 Å². The summed E-state index contributed by atoms with van der Waals surface area (Å²) in [7, 11) is 2.08. The Morgan fingerprint density at radius 3 is 2.73 bits per heavy atom. The van der Waals surface area contributed by atoms with Gasteiger partial charge >= 0.3 is 0 Å². The highest BCUT2D eigenvalue weighted by molar-refractivity contribution is 5.94. The number of benzene rings is 1. The van der Waals surface area contributed by atoms with Gasteiger partial charge in [0.15, 0.2) is 0 Å². The van der Waals surface area contributed by atoms with Gasteiger partial charge in [-0.25, -0.2) is 4.98 Å². The number of rotatable bonds is 7. The largest absolute Gasteiger partial charge is 0.375 e. The fourth-order valence-corrected chi connectivity index (χ4v) is 2.89. The Labute approximate surface area is 154 Å². The van der Waals surface area contributed by atoms with Gasteiger partial charge in [0.25, 0.3) is 5.91 Å². The highest BCUT2D eigenvalue weighted by Gasteiger charge is 2.08. The highest BCUT2D eigenvalue weighted by atomic mass is 16.1. The van der Waals surface area contributed by atoms with E-state index in [4.69, 9.17) is 0 Å². The molecule has 5 heteroatoms. The first-order chi connectivity index (χ1) is 12.6. The Kier molecular flexibility index (Phi) is 5.56. The molecule has 136 valence electrons. The summed E-state index contributed by atoms with van der Waals surface area (Å²) < 4.78 is 1.97. The van der Waals surface area contributed by atoms with Crippen LogP contribution in [0.3, 0.4) is 0 Å². The zero-order valence-electron chi connectivity index (χ0n) is 15.7. The molecular formula is C21H26N4O. The SMILES string of the molecule is CCCCN(C)c1ccc(C(=O)NCc2cn3ccc(C)cc3n2)cc1. The van der Waals surface area contributed by atoms with E-state index in [1.165, 1.54) is 12.0 Å². The number of imidazole rings is 1.